The van der Waals surface area contributed by atoms with Crippen molar-refractivity contribution >= 4 is 29.3 Å². The number of nitrogens with one attached hydrogen (secondary N) is 1. The van der Waals surface area contributed by atoms with Gasteiger partial charge in [-0.15, -0.1) is 0 Å². The summed E-state index contributed by atoms with van der Waals surface area (Å²) in [6.07, 6.45) is 0. The summed E-state index contributed by atoms with van der Waals surface area (Å²) in [4.78, 5) is 38.2. The van der Waals surface area contributed by atoms with Gasteiger partial charge < -0.3 is 5.32 Å². The summed E-state index contributed by atoms with van der Waals surface area (Å²) in [5, 5.41) is 3.19. The fourth-order valence-corrected chi connectivity index (χ4v) is 2.80. The third kappa shape index (κ3) is 2.78. The van der Waals surface area contributed by atoms with E-state index in [0.717, 1.165) is 4.90 Å². The maximum absolute atomic E-state index is 12.7. The molecule has 1 N–H and O–H groups in total. The Morgan fingerprint density at radius 2 is 1.71 bits per heavy atom. The van der Waals surface area contributed by atoms with Crippen LogP contribution in [0.15, 0.2) is 54.6 Å². The van der Waals surface area contributed by atoms with Crippen LogP contribution in [0.5, 0.6) is 0 Å². The van der Waals surface area contributed by atoms with E-state index in [0.29, 0.717) is 16.1 Å². The second-order valence-electron chi connectivity index (χ2n) is 5.74. The van der Waals surface area contributed by atoms with E-state index >= 15 is 0 Å². The fraction of sp³-hybridized carbons (Fsp3) is 0.167. The zero-order valence-electron chi connectivity index (χ0n) is 13.0. The van der Waals surface area contributed by atoms with Crippen molar-refractivity contribution in [2.24, 2.45) is 0 Å². The van der Waals surface area contributed by atoms with E-state index in [4.69, 9.17) is 11.6 Å². The highest BCUT2D eigenvalue weighted by molar-refractivity contribution is 6.30. The Bertz CT molecular complexity index is 805. The molecule has 1 fully saturated rings. The molecule has 1 heterocycles. The van der Waals surface area contributed by atoms with Gasteiger partial charge in [-0.3, -0.25) is 14.5 Å². The lowest BCUT2D eigenvalue weighted by Gasteiger charge is -2.22. The molecule has 2 aromatic carbocycles. The van der Waals surface area contributed by atoms with E-state index in [1.54, 1.807) is 55.5 Å². The molecule has 3 amide bonds. The number of benzene rings is 2. The zero-order valence-corrected chi connectivity index (χ0v) is 13.7. The molecule has 0 unspecified atom stereocenters. The molecule has 122 valence electrons. The summed E-state index contributed by atoms with van der Waals surface area (Å²) in [5.41, 5.74) is -0.100. The van der Waals surface area contributed by atoms with Crippen molar-refractivity contribution in [1.82, 2.24) is 10.2 Å². The number of nitrogens with zero attached hydrogens (tertiary/aromatic N) is 1. The standard InChI is InChI=1S/C18H15ClN2O3/c1-18(13-5-3-2-4-6-13)16(23)21(17(24)20-18)11-15(22)12-7-9-14(19)10-8-12/h2-10H,11H2,1H3,(H,20,24)/t18-/m1/s1. The van der Waals surface area contributed by atoms with E-state index in [9.17, 15) is 14.4 Å². The van der Waals surface area contributed by atoms with Gasteiger partial charge in [0.05, 0.1) is 6.54 Å². The number of Topliss-reactive ketones (excluding diaryl/α,β-unsaturated/α-hetero) is 1. The summed E-state index contributed by atoms with van der Waals surface area (Å²) in [6, 6.07) is 14.7. The van der Waals surface area contributed by atoms with E-state index in [-0.39, 0.29) is 12.3 Å². The molecule has 24 heavy (non-hydrogen) atoms. The summed E-state index contributed by atoms with van der Waals surface area (Å²) in [7, 11) is 0. The van der Waals surface area contributed by atoms with Crippen molar-refractivity contribution in [1.29, 1.82) is 0 Å². The van der Waals surface area contributed by atoms with Crippen molar-refractivity contribution in [3.63, 3.8) is 0 Å². The van der Waals surface area contributed by atoms with Crippen LogP contribution in [0.3, 0.4) is 0 Å². The van der Waals surface area contributed by atoms with Crippen LogP contribution in [0.25, 0.3) is 0 Å². The van der Waals surface area contributed by atoms with Crippen LogP contribution in [0, 0.1) is 0 Å². The van der Waals surface area contributed by atoms with Gasteiger partial charge in [0, 0.05) is 10.6 Å². The number of ketones is 1. The molecular weight excluding hydrogens is 328 g/mol. The third-order valence-electron chi connectivity index (χ3n) is 4.09. The molecule has 5 nitrogen and oxygen atoms in total. The highest BCUT2D eigenvalue weighted by atomic mass is 35.5. The molecule has 1 aliphatic rings. The van der Waals surface area contributed by atoms with Crippen molar-refractivity contribution in [2.75, 3.05) is 6.54 Å². The number of imide groups is 1. The Kier molecular flexibility index (Phi) is 4.11. The van der Waals surface area contributed by atoms with Gasteiger partial charge in [0.2, 0.25) is 0 Å². The van der Waals surface area contributed by atoms with Gasteiger partial charge in [0.15, 0.2) is 5.78 Å². The number of carbonyl (C=O) groups excluding carboxylic acids is 3. The normalized spacial score (nSPS) is 20.2. The van der Waals surface area contributed by atoms with Gasteiger partial charge in [-0.25, -0.2) is 4.79 Å². The first-order valence-corrected chi connectivity index (χ1v) is 7.78. The first-order chi connectivity index (χ1) is 11.4. The average molecular weight is 343 g/mol. The molecular formula is C18H15ClN2O3. The minimum atomic E-state index is -1.17. The average Bonchev–Trinajstić information content (AvgIpc) is 2.80. The molecule has 2 aromatic rings. The molecule has 1 aliphatic heterocycles. The highest BCUT2D eigenvalue weighted by Crippen LogP contribution is 2.28. The molecule has 3 rings (SSSR count). The summed E-state index contributed by atoms with van der Waals surface area (Å²) in [6.45, 7) is 1.32. The number of urea groups is 1. The van der Waals surface area contributed by atoms with E-state index in [2.05, 4.69) is 5.32 Å². The molecule has 0 bridgehead atoms. The van der Waals surface area contributed by atoms with E-state index in [1.807, 2.05) is 6.07 Å². The zero-order chi connectivity index (χ0) is 17.3. The van der Waals surface area contributed by atoms with Gasteiger partial charge in [0.25, 0.3) is 5.91 Å². The smallest absolute Gasteiger partial charge is 0.319 e. The first kappa shape index (κ1) is 16.2. The van der Waals surface area contributed by atoms with Gasteiger partial charge in [-0.2, -0.15) is 0 Å². The van der Waals surface area contributed by atoms with Gasteiger partial charge in [0.1, 0.15) is 5.54 Å². The summed E-state index contributed by atoms with van der Waals surface area (Å²) >= 11 is 5.80. The van der Waals surface area contributed by atoms with Crippen molar-refractivity contribution in [3.05, 3.63) is 70.7 Å². The van der Waals surface area contributed by atoms with Crippen LogP contribution in [-0.2, 0) is 10.3 Å². The predicted molar refractivity (Wildman–Crippen MR) is 89.8 cm³/mol. The molecule has 0 radical (unpaired) electrons. The largest absolute Gasteiger partial charge is 0.325 e. The number of carbonyl (C=O) groups is 3. The maximum Gasteiger partial charge on any atom is 0.325 e. The van der Waals surface area contributed by atoms with E-state index < -0.39 is 17.5 Å². The van der Waals surface area contributed by atoms with E-state index in [1.165, 1.54) is 0 Å². The minimum absolute atomic E-state index is 0.311. The Morgan fingerprint density at radius 3 is 2.33 bits per heavy atom. The molecule has 0 aromatic heterocycles. The Hall–Kier alpha value is -2.66. The third-order valence-corrected chi connectivity index (χ3v) is 4.35. The predicted octanol–water partition coefficient (Wildman–Crippen LogP) is 2.99. The number of rotatable bonds is 4. The van der Waals surface area contributed by atoms with Crippen LogP contribution < -0.4 is 5.32 Å². The lowest BCUT2D eigenvalue weighted by Crippen LogP contribution is -2.41. The minimum Gasteiger partial charge on any atom is -0.319 e. The van der Waals surface area contributed by atoms with Gasteiger partial charge in [-0.05, 0) is 36.8 Å². The molecule has 0 aliphatic carbocycles. The van der Waals surface area contributed by atoms with Crippen LogP contribution in [0.2, 0.25) is 5.02 Å². The van der Waals surface area contributed by atoms with Crippen LogP contribution in [-0.4, -0.2) is 29.2 Å². The summed E-state index contributed by atoms with van der Waals surface area (Å²) in [5.74, 6) is -0.770. The van der Waals surface area contributed by atoms with Gasteiger partial charge in [-0.1, -0.05) is 41.9 Å². The molecule has 6 heteroatoms. The fourth-order valence-electron chi connectivity index (χ4n) is 2.68. The number of amides is 3. The van der Waals surface area contributed by atoms with Crippen LogP contribution in [0.4, 0.5) is 4.79 Å². The summed E-state index contributed by atoms with van der Waals surface area (Å²) < 4.78 is 0. The first-order valence-electron chi connectivity index (χ1n) is 7.40. The van der Waals surface area contributed by atoms with Crippen LogP contribution in [0.1, 0.15) is 22.8 Å². The van der Waals surface area contributed by atoms with Crippen LogP contribution >= 0.6 is 11.6 Å². The van der Waals surface area contributed by atoms with Crippen molar-refractivity contribution in [2.45, 2.75) is 12.5 Å². The molecule has 0 spiro atoms. The SMILES string of the molecule is C[C@]1(c2ccccc2)NC(=O)N(CC(=O)c2ccc(Cl)cc2)C1=O. The lowest BCUT2D eigenvalue weighted by atomic mass is 9.92. The monoisotopic (exact) mass is 342 g/mol. The second kappa shape index (κ2) is 6.09. The quantitative estimate of drug-likeness (QED) is 0.686. The topological polar surface area (TPSA) is 66.5 Å². The van der Waals surface area contributed by atoms with Crippen molar-refractivity contribution in [3.8, 4) is 0 Å². The number of halogens is 1. The maximum atomic E-state index is 12.7. The Morgan fingerprint density at radius 1 is 1.08 bits per heavy atom. The van der Waals surface area contributed by atoms with Crippen molar-refractivity contribution < 1.29 is 14.4 Å². The van der Waals surface area contributed by atoms with Gasteiger partial charge >= 0.3 is 6.03 Å². The molecule has 1 saturated heterocycles. The lowest BCUT2D eigenvalue weighted by molar-refractivity contribution is -0.130. The molecule has 0 saturated carbocycles. The number of hydrogen-bond acceptors (Lipinski definition) is 3. The molecule has 1 atom stereocenters. The Labute approximate surface area is 144 Å². The second-order valence-corrected chi connectivity index (χ2v) is 6.18. The highest BCUT2D eigenvalue weighted by Gasteiger charge is 2.49. The number of hydrogen-bond donors (Lipinski definition) is 1. The Balaban J connectivity index is 1.82.